The van der Waals surface area contributed by atoms with Crippen molar-refractivity contribution in [2.24, 2.45) is 0 Å². The number of ether oxygens (including phenoxy) is 1. The van der Waals surface area contributed by atoms with Crippen LogP contribution < -0.4 is 0 Å². The fraction of sp³-hybridized carbons (Fsp3) is 0.333. The smallest absolute Gasteiger partial charge is 0.355 e. The molecule has 8 nitrogen and oxygen atoms in total. The van der Waals surface area contributed by atoms with Gasteiger partial charge in [-0.25, -0.2) is 4.79 Å². The molecule has 0 unspecified atom stereocenters. The Morgan fingerprint density at radius 3 is 2.73 bits per heavy atom. The maximum Gasteiger partial charge on any atom is 0.355 e. The van der Waals surface area contributed by atoms with Crippen LogP contribution in [0.2, 0.25) is 0 Å². The average Bonchev–Trinajstić information content (AvgIpc) is 3.38. The Bertz CT molecular complexity index is 1090. The second-order valence-electron chi connectivity index (χ2n) is 6.65. The molecule has 0 aliphatic carbocycles. The largest absolute Gasteiger partial charge is 0.469 e. The number of hydrogen-bond acceptors (Lipinski definition) is 7. The number of aromatic nitrogens is 4. The van der Waals surface area contributed by atoms with Crippen molar-refractivity contribution in [3.05, 3.63) is 53.3 Å². The van der Waals surface area contributed by atoms with Crippen molar-refractivity contribution < 1.29 is 18.7 Å². The number of nitrogens with one attached hydrogen (secondary N) is 1. The third-order valence-corrected chi connectivity index (χ3v) is 5.62. The van der Waals surface area contributed by atoms with Crippen LogP contribution in [-0.4, -0.2) is 43.9 Å². The van der Waals surface area contributed by atoms with Crippen molar-refractivity contribution in [1.29, 1.82) is 0 Å². The van der Waals surface area contributed by atoms with E-state index in [9.17, 15) is 9.59 Å². The van der Waals surface area contributed by atoms with Crippen LogP contribution in [0.1, 0.15) is 44.8 Å². The Kier molecular flexibility index (Phi) is 6.61. The van der Waals surface area contributed by atoms with Crippen molar-refractivity contribution >= 4 is 23.5 Å². The highest BCUT2D eigenvalue weighted by Crippen LogP contribution is 2.28. The Labute approximate surface area is 178 Å². The average molecular weight is 429 g/mol. The minimum atomic E-state index is -0.462. The van der Waals surface area contributed by atoms with Crippen LogP contribution in [0.15, 0.2) is 34.6 Å². The maximum absolute atomic E-state index is 12.9. The van der Waals surface area contributed by atoms with Gasteiger partial charge in [0, 0.05) is 17.8 Å². The highest BCUT2D eigenvalue weighted by atomic mass is 32.2. The number of Topliss-reactive ketones (excluding diaryl/α,β-unsaturated/α-hetero) is 1. The van der Waals surface area contributed by atoms with Crippen molar-refractivity contribution in [3.63, 3.8) is 0 Å². The van der Waals surface area contributed by atoms with Gasteiger partial charge in [-0.3, -0.25) is 9.36 Å². The molecule has 0 atom stereocenters. The molecule has 0 aromatic carbocycles. The zero-order valence-corrected chi connectivity index (χ0v) is 18.3. The summed E-state index contributed by atoms with van der Waals surface area (Å²) in [5.41, 5.74) is 2.91. The van der Waals surface area contributed by atoms with Gasteiger partial charge in [-0.15, -0.1) is 16.8 Å². The molecule has 30 heavy (non-hydrogen) atoms. The molecule has 0 saturated heterocycles. The van der Waals surface area contributed by atoms with Crippen molar-refractivity contribution in [1.82, 2.24) is 19.7 Å². The summed E-state index contributed by atoms with van der Waals surface area (Å²) in [7, 11) is 0. The van der Waals surface area contributed by atoms with Crippen LogP contribution >= 0.6 is 11.8 Å². The van der Waals surface area contributed by atoms with Crippen molar-refractivity contribution in [2.75, 3.05) is 12.4 Å². The van der Waals surface area contributed by atoms with Gasteiger partial charge in [-0.05, 0) is 39.3 Å². The van der Waals surface area contributed by atoms with Gasteiger partial charge < -0.3 is 14.1 Å². The fourth-order valence-corrected chi connectivity index (χ4v) is 4.10. The number of aromatic amines is 1. The Morgan fingerprint density at radius 1 is 1.33 bits per heavy atom. The number of carbonyl (C=O) groups excluding carboxylic acids is 2. The minimum Gasteiger partial charge on any atom is -0.469 e. The number of hydrogen-bond donors (Lipinski definition) is 1. The van der Waals surface area contributed by atoms with Gasteiger partial charge >= 0.3 is 5.97 Å². The molecule has 3 heterocycles. The van der Waals surface area contributed by atoms with Crippen molar-refractivity contribution in [2.45, 2.75) is 39.4 Å². The molecule has 0 amide bonds. The van der Waals surface area contributed by atoms with Gasteiger partial charge in [0.15, 0.2) is 16.8 Å². The summed E-state index contributed by atoms with van der Waals surface area (Å²) >= 11 is 1.29. The number of allylic oxidation sites excluding steroid dienone is 1. The molecule has 0 aliphatic rings. The fourth-order valence-electron chi connectivity index (χ4n) is 3.28. The Hall–Kier alpha value is -3.07. The third-order valence-electron chi connectivity index (χ3n) is 4.66. The van der Waals surface area contributed by atoms with Gasteiger partial charge in [-0.2, -0.15) is 0 Å². The number of rotatable bonds is 9. The first-order valence-electron chi connectivity index (χ1n) is 9.49. The van der Waals surface area contributed by atoms with E-state index in [-0.39, 0.29) is 18.1 Å². The molecule has 0 radical (unpaired) electrons. The molecule has 3 aromatic rings. The SMILES string of the molecule is C=CCn1c(SCC(=O)c2c(C)[nH]c(C(=O)OCC)c2C)nnc1-c1ccoc1C. The number of H-pyrrole nitrogens is 1. The summed E-state index contributed by atoms with van der Waals surface area (Å²) < 4.78 is 12.3. The monoisotopic (exact) mass is 428 g/mol. The lowest BCUT2D eigenvalue weighted by Gasteiger charge is -2.07. The van der Waals surface area contributed by atoms with Gasteiger partial charge in [-0.1, -0.05) is 17.8 Å². The van der Waals surface area contributed by atoms with Crippen LogP contribution in [0.5, 0.6) is 0 Å². The van der Waals surface area contributed by atoms with E-state index in [0.717, 1.165) is 11.3 Å². The van der Waals surface area contributed by atoms with E-state index in [1.54, 1.807) is 33.1 Å². The lowest BCUT2D eigenvalue weighted by molar-refractivity contribution is 0.0519. The second-order valence-corrected chi connectivity index (χ2v) is 7.60. The van der Waals surface area contributed by atoms with Crippen LogP contribution in [0, 0.1) is 20.8 Å². The number of carbonyl (C=O) groups is 2. The van der Waals surface area contributed by atoms with Gasteiger partial charge in [0.25, 0.3) is 0 Å². The summed E-state index contributed by atoms with van der Waals surface area (Å²) in [6.07, 6.45) is 3.35. The number of ketones is 1. The number of esters is 1. The Balaban J connectivity index is 1.82. The lowest BCUT2D eigenvalue weighted by Crippen LogP contribution is -2.09. The van der Waals surface area contributed by atoms with Crippen LogP contribution in [-0.2, 0) is 11.3 Å². The third kappa shape index (κ3) is 4.11. The van der Waals surface area contributed by atoms with Gasteiger partial charge in [0.1, 0.15) is 11.5 Å². The first-order valence-corrected chi connectivity index (χ1v) is 10.5. The predicted octanol–water partition coefficient (Wildman–Crippen LogP) is 4.13. The van der Waals surface area contributed by atoms with E-state index in [4.69, 9.17) is 9.15 Å². The van der Waals surface area contributed by atoms with Crippen LogP contribution in [0.25, 0.3) is 11.4 Å². The predicted molar refractivity (Wildman–Crippen MR) is 114 cm³/mol. The first-order chi connectivity index (χ1) is 14.4. The molecule has 1 N–H and O–H groups in total. The lowest BCUT2D eigenvalue weighted by atomic mass is 10.1. The Morgan fingerprint density at radius 2 is 2.10 bits per heavy atom. The number of furan rings is 1. The molecular formula is C21H24N4O4S. The van der Waals surface area contributed by atoms with E-state index in [1.165, 1.54) is 11.8 Å². The summed E-state index contributed by atoms with van der Waals surface area (Å²) in [6, 6.07) is 1.84. The zero-order chi connectivity index (χ0) is 21.8. The number of aryl methyl sites for hydroxylation is 2. The highest BCUT2D eigenvalue weighted by molar-refractivity contribution is 7.99. The molecule has 158 valence electrons. The number of thioether (sulfide) groups is 1. The summed E-state index contributed by atoms with van der Waals surface area (Å²) in [6.45, 7) is 11.7. The topological polar surface area (TPSA) is 103 Å². The minimum absolute atomic E-state index is 0.101. The summed E-state index contributed by atoms with van der Waals surface area (Å²) in [5, 5.41) is 9.14. The summed E-state index contributed by atoms with van der Waals surface area (Å²) in [4.78, 5) is 28.0. The molecule has 0 aliphatic heterocycles. The van der Waals surface area contributed by atoms with E-state index < -0.39 is 5.97 Å². The first kappa shape index (κ1) is 21.6. The molecule has 9 heteroatoms. The molecule has 3 aromatic heterocycles. The maximum atomic E-state index is 12.9. The second kappa shape index (κ2) is 9.17. The standard InChI is InChI=1S/C21H24N4O4S/c1-6-9-25-19(15-8-10-29-14(15)5)23-24-21(25)30-11-16(26)17-12(3)18(22-13(17)4)20(27)28-7-2/h6,8,10,22H,1,7,9,11H2,2-5H3. The van der Waals surface area contributed by atoms with Crippen LogP contribution in [0.3, 0.4) is 0 Å². The highest BCUT2D eigenvalue weighted by Gasteiger charge is 2.24. The normalized spacial score (nSPS) is 10.9. The van der Waals surface area contributed by atoms with E-state index >= 15 is 0 Å². The molecule has 0 bridgehead atoms. The molecule has 0 fully saturated rings. The van der Waals surface area contributed by atoms with Crippen molar-refractivity contribution in [3.8, 4) is 11.4 Å². The van der Waals surface area contributed by atoms with E-state index in [2.05, 4.69) is 21.8 Å². The van der Waals surface area contributed by atoms with E-state index in [1.807, 2.05) is 17.6 Å². The summed E-state index contributed by atoms with van der Waals surface area (Å²) in [5.74, 6) is 0.994. The molecule has 0 saturated carbocycles. The number of nitrogens with zero attached hydrogens (tertiary/aromatic N) is 3. The molecule has 0 spiro atoms. The van der Waals surface area contributed by atoms with Gasteiger partial charge in [0.2, 0.25) is 0 Å². The zero-order valence-electron chi connectivity index (χ0n) is 17.4. The van der Waals surface area contributed by atoms with Gasteiger partial charge in [0.05, 0.1) is 24.2 Å². The van der Waals surface area contributed by atoms with E-state index in [0.29, 0.717) is 40.0 Å². The molecular weight excluding hydrogens is 404 g/mol. The quantitative estimate of drug-likeness (QED) is 0.236. The van der Waals surface area contributed by atoms with Crippen LogP contribution in [0.4, 0.5) is 0 Å². The molecule has 3 rings (SSSR count).